The first-order valence-electron chi connectivity index (χ1n) is 13.8. The van der Waals surface area contributed by atoms with E-state index >= 15 is 4.39 Å². The van der Waals surface area contributed by atoms with E-state index in [0.717, 1.165) is 23.1 Å². The summed E-state index contributed by atoms with van der Waals surface area (Å²) in [6, 6.07) is 10.0. The molecular weight excluding hydrogens is 547 g/mol. The molecule has 4 aromatic rings. The van der Waals surface area contributed by atoms with Crippen LogP contribution in [-0.4, -0.2) is 68.9 Å². The second-order valence-electron chi connectivity index (χ2n) is 11.7. The molecule has 0 unspecified atom stereocenters. The molecule has 2 atom stereocenters. The van der Waals surface area contributed by atoms with Gasteiger partial charge < -0.3 is 19.9 Å². The predicted molar refractivity (Wildman–Crippen MR) is 154 cm³/mol. The van der Waals surface area contributed by atoms with Crippen molar-refractivity contribution in [3.63, 3.8) is 0 Å². The zero-order valence-corrected chi connectivity index (χ0v) is 24.0. The minimum absolute atomic E-state index is 0.104. The zero-order valence-electron chi connectivity index (χ0n) is 23.2. The molecule has 2 aliphatic rings. The smallest absolute Gasteiger partial charge is 0.410 e. The van der Waals surface area contributed by atoms with Crippen LogP contribution in [-0.2, 0) is 9.47 Å². The van der Waals surface area contributed by atoms with E-state index in [-0.39, 0.29) is 18.5 Å². The van der Waals surface area contributed by atoms with Crippen LogP contribution in [0.15, 0.2) is 42.6 Å². The Hall–Kier alpha value is -3.54. The van der Waals surface area contributed by atoms with Gasteiger partial charge in [0, 0.05) is 36.6 Å². The molecule has 4 heterocycles. The summed E-state index contributed by atoms with van der Waals surface area (Å²) in [6.45, 7) is 6.79. The van der Waals surface area contributed by atoms with Gasteiger partial charge in [-0.25, -0.2) is 14.2 Å². The molecule has 2 aromatic heterocycles. The maximum atomic E-state index is 15.5. The summed E-state index contributed by atoms with van der Waals surface area (Å²) in [6.07, 6.45) is 2.47. The number of fused-ring (bicyclic) bond motifs is 3. The monoisotopic (exact) mass is 580 g/mol. The lowest BCUT2D eigenvalue weighted by molar-refractivity contribution is 0.0206. The largest absolute Gasteiger partial charge is 0.444 e. The Morgan fingerprint density at radius 2 is 1.95 bits per heavy atom. The highest BCUT2D eigenvalue weighted by atomic mass is 32.1. The van der Waals surface area contributed by atoms with Gasteiger partial charge in [0.2, 0.25) is 0 Å². The number of hydrogen-bond donors (Lipinski definition) is 2. The summed E-state index contributed by atoms with van der Waals surface area (Å²) in [4.78, 5) is 32.4. The van der Waals surface area contributed by atoms with E-state index in [4.69, 9.17) is 9.47 Å². The second kappa shape index (κ2) is 10.7. The van der Waals surface area contributed by atoms with Crippen molar-refractivity contribution in [1.82, 2.24) is 19.6 Å². The SMILES string of the molecule is CC(C)(C)OC(=O)N1C[C@H](O)C[C@@H]1c1ccc(-c2cn3c(n2)sc2cc(C(=O)NC4CCOCC4)ccc23)c(F)c1. The number of benzene rings is 2. The molecule has 2 fully saturated rings. The fraction of sp³-hybridized carbons (Fsp3) is 0.433. The van der Waals surface area contributed by atoms with Gasteiger partial charge in [-0.3, -0.25) is 14.1 Å². The van der Waals surface area contributed by atoms with Gasteiger partial charge >= 0.3 is 6.09 Å². The average Bonchev–Trinajstić information content (AvgIpc) is 3.60. The Kier molecular flexibility index (Phi) is 7.21. The third-order valence-corrected chi connectivity index (χ3v) is 8.49. The van der Waals surface area contributed by atoms with Crippen LogP contribution >= 0.6 is 11.3 Å². The number of β-amino-alcohol motifs (C(OH)–C–C–N with tert-alkyl or cyclic N) is 1. The number of aromatic nitrogens is 2. The zero-order chi connectivity index (χ0) is 28.9. The van der Waals surface area contributed by atoms with Crippen molar-refractivity contribution in [2.45, 2.75) is 63.8 Å². The van der Waals surface area contributed by atoms with Crippen LogP contribution in [0.3, 0.4) is 0 Å². The highest BCUT2D eigenvalue weighted by Crippen LogP contribution is 2.36. The standard InChI is InChI=1S/C30H33FN4O5S/c1-30(2,3)40-29(38)35-15-20(36)14-25(35)17-4-6-21(22(31)12-17)23-16-34-24-7-5-18(13-26(24)41-28(34)33-23)27(37)32-19-8-10-39-11-9-19/h4-7,12-13,16,19-20,25,36H,8-11,14-15H2,1-3H3,(H,32,37)/t20-,25-/m1/s1. The molecule has 2 aromatic carbocycles. The molecule has 0 radical (unpaired) electrons. The molecule has 9 nitrogen and oxygen atoms in total. The van der Waals surface area contributed by atoms with Crippen molar-refractivity contribution in [3.8, 4) is 11.3 Å². The van der Waals surface area contributed by atoms with Crippen LogP contribution in [0.5, 0.6) is 0 Å². The number of ether oxygens (including phenoxy) is 2. The van der Waals surface area contributed by atoms with Crippen LogP contribution in [0.25, 0.3) is 26.4 Å². The topological polar surface area (TPSA) is 105 Å². The Balaban J connectivity index is 1.23. The Bertz CT molecular complexity index is 1620. The van der Waals surface area contributed by atoms with E-state index in [1.54, 1.807) is 45.2 Å². The molecule has 0 spiro atoms. The van der Waals surface area contributed by atoms with Crippen molar-refractivity contribution < 1.29 is 28.6 Å². The summed E-state index contributed by atoms with van der Waals surface area (Å²) in [5, 5.41) is 13.4. The maximum absolute atomic E-state index is 15.5. The van der Waals surface area contributed by atoms with Gasteiger partial charge in [-0.05, 0) is 75.9 Å². The fourth-order valence-corrected chi connectivity index (χ4v) is 6.53. The third-order valence-electron chi connectivity index (χ3n) is 7.47. The number of carbonyl (C=O) groups is 2. The number of likely N-dealkylation sites (tertiary alicyclic amines) is 1. The molecule has 41 heavy (non-hydrogen) atoms. The van der Waals surface area contributed by atoms with Gasteiger partial charge in [0.15, 0.2) is 4.96 Å². The minimum Gasteiger partial charge on any atom is -0.444 e. The third kappa shape index (κ3) is 5.66. The van der Waals surface area contributed by atoms with Gasteiger partial charge in [0.05, 0.1) is 34.6 Å². The first kappa shape index (κ1) is 27.6. The lowest BCUT2D eigenvalue weighted by atomic mass is 10.0. The fourth-order valence-electron chi connectivity index (χ4n) is 5.48. The maximum Gasteiger partial charge on any atom is 0.410 e. The molecule has 11 heteroatoms. The van der Waals surface area contributed by atoms with E-state index in [2.05, 4.69) is 10.3 Å². The lowest BCUT2D eigenvalue weighted by Gasteiger charge is -2.28. The molecule has 2 amide bonds. The Labute approximate surface area is 240 Å². The minimum atomic E-state index is -0.711. The number of thiazole rings is 1. The van der Waals surface area contributed by atoms with Crippen LogP contribution in [0.1, 0.15) is 62.0 Å². The average molecular weight is 581 g/mol. The number of imidazole rings is 1. The van der Waals surface area contributed by atoms with Crippen molar-refractivity contribution in [3.05, 3.63) is 59.5 Å². The number of aliphatic hydroxyl groups is 1. The van der Waals surface area contributed by atoms with E-state index < -0.39 is 29.7 Å². The van der Waals surface area contributed by atoms with Crippen molar-refractivity contribution >= 4 is 38.5 Å². The number of halogens is 1. The first-order valence-corrected chi connectivity index (χ1v) is 14.6. The number of rotatable bonds is 4. The molecule has 0 saturated carbocycles. The summed E-state index contributed by atoms with van der Waals surface area (Å²) in [5.74, 6) is -0.567. The molecule has 2 N–H and O–H groups in total. The van der Waals surface area contributed by atoms with Gasteiger partial charge in [0.25, 0.3) is 5.91 Å². The summed E-state index contributed by atoms with van der Waals surface area (Å²) in [5.41, 5.74) is 2.21. The van der Waals surface area contributed by atoms with Crippen molar-refractivity contribution in [1.29, 1.82) is 0 Å². The number of carbonyl (C=O) groups excluding carboxylic acids is 2. The van der Waals surface area contributed by atoms with Gasteiger partial charge in [-0.1, -0.05) is 17.4 Å². The number of hydrogen-bond acceptors (Lipinski definition) is 7. The van der Waals surface area contributed by atoms with E-state index in [9.17, 15) is 14.7 Å². The Morgan fingerprint density at radius 3 is 2.68 bits per heavy atom. The number of nitrogens with one attached hydrogen (secondary N) is 1. The van der Waals surface area contributed by atoms with Gasteiger partial charge in [-0.2, -0.15) is 0 Å². The van der Waals surface area contributed by atoms with Crippen LogP contribution < -0.4 is 5.32 Å². The van der Waals surface area contributed by atoms with Crippen molar-refractivity contribution in [2.75, 3.05) is 19.8 Å². The molecular formula is C30H33FN4O5S. The molecule has 0 bridgehead atoms. The first-order chi connectivity index (χ1) is 19.6. The summed E-state index contributed by atoms with van der Waals surface area (Å²) in [7, 11) is 0. The quantitative estimate of drug-likeness (QED) is 0.339. The number of aliphatic hydroxyl groups excluding tert-OH is 1. The van der Waals surface area contributed by atoms with Crippen molar-refractivity contribution in [2.24, 2.45) is 0 Å². The number of nitrogens with zero attached hydrogens (tertiary/aromatic N) is 3. The van der Waals surface area contributed by atoms with Crippen LogP contribution in [0, 0.1) is 5.82 Å². The highest BCUT2D eigenvalue weighted by Gasteiger charge is 2.38. The highest BCUT2D eigenvalue weighted by molar-refractivity contribution is 7.23. The predicted octanol–water partition coefficient (Wildman–Crippen LogP) is 5.31. The molecule has 0 aliphatic carbocycles. The van der Waals surface area contributed by atoms with Gasteiger partial charge in [0.1, 0.15) is 11.4 Å². The summed E-state index contributed by atoms with van der Waals surface area (Å²) >= 11 is 1.44. The molecule has 6 rings (SSSR count). The molecule has 216 valence electrons. The molecule has 2 saturated heterocycles. The normalized spacial score (nSPS) is 20.2. The van der Waals surface area contributed by atoms with Crippen LogP contribution in [0.4, 0.5) is 9.18 Å². The Morgan fingerprint density at radius 1 is 1.17 bits per heavy atom. The van der Waals surface area contributed by atoms with E-state index in [1.807, 2.05) is 16.5 Å². The van der Waals surface area contributed by atoms with E-state index in [1.165, 1.54) is 22.3 Å². The van der Waals surface area contributed by atoms with E-state index in [0.29, 0.717) is 47.0 Å². The lowest BCUT2D eigenvalue weighted by Crippen LogP contribution is -2.38. The van der Waals surface area contributed by atoms with Crippen LogP contribution in [0.2, 0.25) is 0 Å². The summed E-state index contributed by atoms with van der Waals surface area (Å²) < 4.78 is 29.2. The number of amides is 2. The van der Waals surface area contributed by atoms with Gasteiger partial charge in [-0.15, -0.1) is 0 Å². The molecule has 2 aliphatic heterocycles. The second-order valence-corrected chi connectivity index (χ2v) is 12.7.